The third-order valence-corrected chi connectivity index (χ3v) is 16.6. The lowest BCUT2D eigenvalue weighted by molar-refractivity contribution is 0.224. The first-order valence-electron chi connectivity index (χ1n) is 24.8. The van der Waals surface area contributed by atoms with Gasteiger partial charge in [0.15, 0.2) is 0 Å². The molecule has 66 heavy (non-hydrogen) atoms. The number of allylic oxidation sites excluding steroid dienone is 1. The molecule has 12 rings (SSSR count). The fraction of sp³-hybridized carbons (Fsp3) is 0.231. The highest BCUT2D eigenvalue weighted by atomic mass is 15.1. The summed E-state index contributed by atoms with van der Waals surface area (Å²) >= 11 is 0. The van der Waals surface area contributed by atoms with Crippen molar-refractivity contribution in [3.8, 4) is 55.6 Å². The van der Waals surface area contributed by atoms with Crippen LogP contribution in [0.1, 0.15) is 93.9 Å². The van der Waals surface area contributed by atoms with Crippen LogP contribution in [-0.4, -0.2) is 0 Å². The van der Waals surface area contributed by atoms with Crippen LogP contribution in [-0.2, 0) is 10.8 Å². The van der Waals surface area contributed by atoms with E-state index in [1.54, 1.807) is 0 Å². The minimum Gasteiger partial charge on any atom is -0.310 e. The van der Waals surface area contributed by atoms with Crippen LogP contribution in [0.4, 0.5) is 17.1 Å². The summed E-state index contributed by atoms with van der Waals surface area (Å²) in [6.45, 7) is 9.73. The summed E-state index contributed by atoms with van der Waals surface area (Å²) in [6.07, 6.45) is 11.0. The van der Waals surface area contributed by atoms with Crippen molar-refractivity contribution in [2.45, 2.75) is 82.5 Å². The summed E-state index contributed by atoms with van der Waals surface area (Å²) in [4.78, 5) is 2.51. The molecular formula is C65H59N. The zero-order chi connectivity index (χ0) is 44.4. The Bertz CT molecular complexity index is 3130. The van der Waals surface area contributed by atoms with E-state index in [9.17, 15) is 0 Å². The number of rotatable bonds is 8. The zero-order valence-electron chi connectivity index (χ0n) is 38.6. The monoisotopic (exact) mass is 853 g/mol. The van der Waals surface area contributed by atoms with Crippen LogP contribution in [0.2, 0.25) is 0 Å². The predicted octanol–water partition coefficient (Wildman–Crippen LogP) is 18.1. The first kappa shape index (κ1) is 40.8. The third kappa shape index (κ3) is 6.34. The van der Waals surface area contributed by atoms with Gasteiger partial charge in [0.2, 0.25) is 0 Å². The van der Waals surface area contributed by atoms with Gasteiger partial charge in [0.25, 0.3) is 0 Å². The first-order valence-corrected chi connectivity index (χ1v) is 24.8. The van der Waals surface area contributed by atoms with Crippen molar-refractivity contribution >= 4 is 17.1 Å². The number of benzene rings is 8. The highest BCUT2D eigenvalue weighted by Gasteiger charge is 2.52. The molecule has 1 heteroatoms. The standard InChI is InChI=1S/C65H59N/c1-4-45-38-44(3)65(52(5-2)39-45)61-27-13-11-25-57(61)59-34-30-51(42-63(59)65)50-22-17-23-54(41-50)66(53-31-28-47(29-32-53)49-21-16-20-48(40-49)46-18-8-6-9-19-46)55-33-35-58-56-24-10-12-26-60(56)64(62(58)43-55)36-14-7-15-37-64/h6,8-13,16-35,40-43,45,52H,3-5,7,14-15,36-39H2,1-2H3. The van der Waals surface area contributed by atoms with Crippen LogP contribution in [0.5, 0.6) is 0 Å². The van der Waals surface area contributed by atoms with E-state index < -0.39 is 0 Å². The molecule has 0 aliphatic heterocycles. The van der Waals surface area contributed by atoms with Gasteiger partial charge in [0.1, 0.15) is 0 Å². The Morgan fingerprint density at radius 1 is 0.439 bits per heavy atom. The molecule has 0 amide bonds. The van der Waals surface area contributed by atoms with Gasteiger partial charge in [0.05, 0.1) is 0 Å². The van der Waals surface area contributed by atoms with Gasteiger partial charge in [-0.05, 0) is 164 Å². The van der Waals surface area contributed by atoms with E-state index in [4.69, 9.17) is 6.58 Å². The van der Waals surface area contributed by atoms with Gasteiger partial charge >= 0.3 is 0 Å². The van der Waals surface area contributed by atoms with Crippen LogP contribution < -0.4 is 4.90 Å². The molecule has 8 aromatic carbocycles. The van der Waals surface area contributed by atoms with E-state index in [0.29, 0.717) is 11.8 Å². The Morgan fingerprint density at radius 3 is 1.73 bits per heavy atom. The smallest absolute Gasteiger partial charge is 0.0467 e. The summed E-state index contributed by atoms with van der Waals surface area (Å²) in [5.41, 5.74) is 23.8. The Balaban J connectivity index is 0.987. The van der Waals surface area contributed by atoms with Crippen molar-refractivity contribution in [1.29, 1.82) is 0 Å². The van der Waals surface area contributed by atoms with Crippen molar-refractivity contribution in [1.82, 2.24) is 0 Å². The number of fused-ring (bicyclic) bond motifs is 10. The third-order valence-electron chi connectivity index (χ3n) is 16.6. The van der Waals surface area contributed by atoms with Gasteiger partial charge < -0.3 is 4.90 Å². The van der Waals surface area contributed by atoms with Gasteiger partial charge in [-0.2, -0.15) is 0 Å². The second-order valence-electron chi connectivity index (χ2n) is 19.8. The predicted molar refractivity (Wildman–Crippen MR) is 279 cm³/mol. The molecule has 0 radical (unpaired) electrons. The molecule has 324 valence electrons. The number of anilines is 3. The van der Waals surface area contributed by atoms with Crippen LogP contribution >= 0.6 is 0 Å². The molecule has 0 N–H and O–H groups in total. The Labute approximate surface area is 392 Å². The minimum absolute atomic E-state index is 0.0654. The molecule has 3 unspecified atom stereocenters. The topological polar surface area (TPSA) is 3.24 Å². The molecule has 0 aromatic heterocycles. The fourth-order valence-electron chi connectivity index (χ4n) is 13.4. The average molecular weight is 854 g/mol. The van der Waals surface area contributed by atoms with Gasteiger partial charge in [-0.25, -0.2) is 0 Å². The average Bonchev–Trinajstić information content (AvgIpc) is 3.82. The molecule has 1 nitrogen and oxygen atoms in total. The number of hydrogen-bond donors (Lipinski definition) is 0. The lowest BCUT2D eigenvalue weighted by Crippen LogP contribution is -2.41. The lowest BCUT2D eigenvalue weighted by atomic mass is 9.55. The van der Waals surface area contributed by atoms with Crippen molar-refractivity contribution < 1.29 is 0 Å². The SMILES string of the molecule is C=C1CC(CC)CC(CC)C12c1ccccc1-c1ccc(-c3cccc(N(c4ccc(-c5cccc(-c6ccccc6)c5)cc4)c4ccc5c(c4)C4(CCCCC4)c4ccccc4-5)c3)cc12. The molecule has 0 heterocycles. The molecule has 0 bridgehead atoms. The van der Waals surface area contributed by atoms with Crippen LogP contribution in [0.15, 0.2) is 200 Å². The maximum atomic E-state index is 4.96. The van der Waals surface area contributed by atoms with Crippen molar-refractivity contribution in [2.75, 3.05) is 4.90 Å². The Morgan fingerprint density at radius 2 is 0.985 bits per heavy atom. The second kappa shape index (κ2) is 16.3. The largest absolute Gasteiger partial charge is 0.310 e. The van der Waals surface area contributed by atoms with Gasteiger partial charge in [-0.3, -0.25) is 0 Å². The number of hydrogen-bond acceptors (Lipinski definition) is 1. The van der Waals surface area contributed by atoms with E-state index in [2.05, 4.69) is 207 Å². The van der Waals surface area contributed by atoms with Crippen LogP contribution in [0, 0.1) is 11.8 Å². The fourth-order valence-corrected chi connectivity index (χ4v) is 13.4. The van der Waals surface area contributed by atoms with E-state index >= 15 is 0 Å². The Hall–Kier alpha value is -6.70. The molecule has 0 saturated heterocycles. The molecular weight excluding hydrogens is 795 g/mol. The summed E-state index contributed by atoms with van der Waals surface area (Å²) in [6, 6.07) is 71.4. The van der Waals surface area contributed by atoms with Crippen molar-refractivity contribution in [2.24, 2.45) is 11.8 Å². The van der Waals surface area contributed by atoms with E-state index in [-0.39, 0.29) is 10.8 Å². The number of nitrogens with zero attached hydrogens (tertiary/aromatic N) is 1. The van der Waals surface area contributed by atoms with Crippen LogP contribution in [0.3, 0.4) is 0 Å². The van der Waals surface area contributed by atoms with Gasteiger partial charge in [-0.15, -0.1) is 0 Å². The second-order valence-corrected chi connectivity index (χ2v) is 19.8. The zero-order valence-corrected chi connectivity index (χ0v) is 38.6. The molecule has 2 spiro atoms. The molecule has 2 fully saturated rings. The Kier molecular flexibility index (Phi) is 10.1. The first-order chi connectivity index (χ1) is 32.5. The van der Waals surface area contributed by atoms with Crippen molar-refractivity contribution in [3.05, 3.63) is 222 Å². The normalized spacial score (nSPS) is 19.9. The van der Waals surface area contributed by atoms with Crippen molar-refractivity contribution in [3.63, 3.8) is 0 Å². The van der Waals surface area contributed by atoms with E-state index in [1.807, 2.05) is 0 Å². The summed E-state index contributed by atoms with van der Waals surface area (Å²) in [7, 11) is 0. The molecule has 4 aliphatic rings. The van der Waals surface area contributed by atoms with Crippen LogP contribution in [0.25, 0.3) is 55.6 Å². The van der Waals surface area contributed by atoms with Gasteiger partial charge in [0, 0.05) is 27.9 Å². The summed E-state index contributed by atoms with van der Waals surface area (Å²) in [5, 5.41) is 0. The molecule has 3 atom stereocenters. The van der Waals surface area contributed by atoms with E-state index in [1.165, 1.54) is 134 Å². The highest BCUT2D eigenvalue weighted by Crippen LogP contribution is 2.62. The maximum absolute atomic E-state index is 4.96. The minimum atomic E-state index is -0.161. The summed E-state index contributed by atoms with van der Waals surface area (Å²) in [5.74, 6) is 1.22. The molecule has 8 aromatic rings. The lowest BCUT2D eigenvalue weighted by Gasteiger charge is -2.47. The quantitative estimate of drug-likeness (QED) is 0.138. The molecule has 2 saturated carbocycles. The highest BCUT2D eigenvalue weighted by molar-refractivity contribution is 5.89. The van der Waals surface area contributed by atoms with E-state index in [0.717, 1.165) is 24.2 Å². The maximum Gasteiger partial charge on any atom is 0.0467 e. The van der Waals surface area contributed by atoms with Gasteiger partial charge in [-0.1, -0.05) is 198 Å². The summed E-state index contributed by atoms with van der Waals surface area (Å²) < 4.78 is 0. The molecule has 4 aliphatic carbocycles.